The average molecular weight is 278 g/mol. The predicted octanol–water partition coefficient (Wildman–Crippen LogP) is -0.0772. The summed E-state index contributed by atoms with van der Waals surface area (Å²) >= 11 is 0. The molecular weight excluding hydrogens is 260 g/mol. The van der Waals surface area contributed by atoms with Crippen molar-refractivity contribution in [3.63, 3.8) is 0 Å². The Balaban J connectivity index is 2.27. The SMILES string of the molecule is CNc1nc(NC(C)C(C)CO)nc(-n2cncn2)n1. The van der Waals surface area contributed by atoms with E-state index in [-0.39, 0.29) is 18.6 Å². The summed E-state index contributed by atoms with van der Waals surface area (Å²) in [5.74, 6) is 1.30. The van der Waals surface area contributed by atoms with E-state index in [4.69, 9.17) is 5.11 Å². The van der Waals surface area contributed by atoms with Crippen LogP contribution in [0.1, 0.15) is 13.8 Å². The molecule has 2 aromatic rings. The monoisotopic (exact) mass is 278 g/mol. The van der Waals surface area contributed by atoms with E-state index in [1.54, 1.807) is 7.05 Å². The van der Waals surface area contributed by atoms with Gasteiger partial charge in [-0.3, -0.25) is 0 Å². The van der Waals surface area contributed by atoms with Gasteiger partial charge in [-0.1, -0.05) is 6.92 Å². The van der Waals surface area contributed by atoms with Crippen LogP contribution in [0.25, 0.3) is 5.95 Å². The maximum Gasteiger partial charge on any atom is 0.258 e. The Morgan fingerprint density at radius 2 is 2.00 bits per heavy atom. The minimum atomic E-state index is 0.0238. The second-order valence-corrected chi connectivity index (χ2v) is 4.47. The van der Waals surface area contributed by atoms with Gasteiger partial charge in [0, 0.05) is 19.7 Å². The Labute approximate surface area is 116 Å². The summed E-state index contributed by atoms with van der Waals surface area (Å²) in [6.07, 6.45) is 2.92. The number of rotatable bonds is 6. The molecule has 3 N–H and O–H groups in total. The molecule has 0 aliphatic heterocycles. The summed E-state index contributed by atoms with van der Waals surface area (Å²) in [7, 11) is 1.73. The third-order valence-electron chi connectivity index (χ3n) is 2.97. The van der Waals surface area contributed by atoms with Gasteiger partial charge < -0.3 is 15.7 Å². The molecule has 0 aromatic carbocycles. The molecule has 9 heteroatoms. The van der Waals surface area contributed by atoms with Crippen molar-refractivity contribution in [2.24, 2.45) is 5.92 Å². The lowest BCUT2D eigenvalue weighted by Gasteiger charge is -2.19. The standard InChI is InChI=1S/C11H18N8O/c1-7(4-20)8(2)15-10-16-9(12-3)17-11(18-10)19-6-13-5-14-19/h5-8,20H,4H2,1-3H3,(H2,12,15,16,17,18). The second-order valence-electron chi connectivity index (χ2n) is 4.47. The number of anilines is 2. The molecule has 20 heavy (non-hydrogen) atoms. The van der Waals surface area contributed by atoms with Crippen LogP contribution >= 0.6 is 0 Å². The van der Waals surface area contributed by atoms with E-state index in [9.17, 15) is 0 Å². The molecule has 0 radical (unpaired) electrons. The first-order valence-electron chi connectivity index (χ1n) is 6.30. The van der Waals surface area contributed by atoms with Crippen molar-refractivity contribution >= 4 is 11.9 Å². The molecule has 2 rings (SSSR count). The summed E-state index contributed by atoms with van der Waals surface area (Å²) < 4.78 is 1.45. The van der Waals surface area contributed by atoms with Gasteiger partial charge in [0.05, 0.1) is 0 Å². The van der Waals surface area contributed by atoms with Crippen LogP contribution in [0.5, 0.6) is 0 Å². The quantitative estimate of drug-likeness (QED) is 0.672. The van der Waals surface area contributed by atoms with Crippen LogP contribution < -0.4 is 10.6 Å². The number of hydrogen-bond donors (Lipinski definition) is 3. The zero-order chi connectivity index (χ0) is 14.5. The summed E-state index contributed by atoms with van der Waals surface area (Å²) in [6.45, 7) is 3.99. The first-order chi connectivity index (χ1) is 9.63. The molecule has 0 aliphatic carbocycles. The first-order valence-corrected chi connectivity index (χ1v) is 6.30. The maximum absolute atomic E-state index is 9.16. The van der Waals surface area contributed by atoms with Gasteiger partial charge in [-0.2, -0.15) is 24.7 Å². The molecule has 2 atom stereocenters. The summed E-state index contributed by atoms with van der Waals surface area (Å²) in [4.78, 5) is 16.6. The molecule has 2 heterocycles. The topological polar surface area (TPSA) is 114 Å². The van der Waals surface area contributed by atoms with Crippen LogP contribution in [0.3, 0.4) is 0 Å². The van der Waals surface area contributed by atoms with E-state index in [2.05, 4.69) is 35.7 Å². The Morgan fingerprint density at radius 3 is 2.60 bits per heavy atom. The Morgan fingerprint density at radius 1 is 1.25 bits per heavy atom. The van der Waals surface area contributed by atoms with Crippen molar-refractivity contribution in [2.75, 3.05) is 24.3 Å². The Kier molecular flexibility index (Phi) is 4.41. The highest BCUT2D eigenvalue weighted by Gasteiger charge is 2.14. The van der Waals surface area contributed by atoms with E-state index >= 15 is 0 Å². The van der Waals surface area contributed by atoms with Gasteiger partial charge in [-0.05, 0) is 12.8 Å². The van der Waals surface area contributed by atoms with Gasteiger partial charge in [0.25, 0.3) is 5.95 Å². The summed E-state index contributed by atoms with van der Waals surface area (Å²) in [5, 5.41) is 19.2. The minimum Gasteiger partial charge on any atom is -0.396 e. The van der Waals surface area contributed by atoms with Gasteiger partial charge >= 0.3 is 0 Å². The summed E-state index contributed by atoms with van der Waals surface area (Å²) in [5.41, 5.74) is 0. The Bertz CT molecular complexity index is 543. The molecule has 9 nitrogen and oxygen atoms in total. The fourth-order valence-electron chi connectivity index (χ4n) is 1.46. The van der Waals surface area contributed by atoms with Crippen molar-refractivity contribution in [1.82, 2.24) is 29.7 Å². The van der Waals surface area contributed by atoms with Crippen LogP contribution in [-0.2, 0) is 0 Å². The largest absolute Gasteiger partial charge is 0.396 e. The van der Waals surface area contributed by atoms with Gasteiger partial charge in [-0.15, -0.1) is 0 Å². The van der Waals surface area contributed by atoms with Crippen molar-refractivity contribution in [3.8, 4) is 5.95 Å². The molecular formula is C11H18N8O. The highest BCUT2D eigenvalue weighted by atomic mass is 16.3. The molecule has 2 aromatic heterocycles. The lowest BCUT2D eigenvalue weighted by molar-refractivity contribution is 0.226. The molecule has 0 fully saturated rings. The van der Waals surface area contributed by atoms with Gasteiger partial charge in [0.2, 0.25) is 11.9 Å². The van der Waals surface area contributed by atoms with Gasteiger partial charge in [-0.25, -0.2) is 4.98 Å². The zero-order valence-electron chi connectivity index (χ0n) is 11.6. The highest BCUT2D eigenvalue weighted by Crippen LogP contribution is 2.11. The van der Waals surface area contributed by atoms with E-state index in [0.29, 0.717) is 17.8 Å². The van der Waals surface area contributed by atoms with Gasteiger partial charge in [0.1, 0.15) is 12.7 Å². The highest BCUT2D eigenvalue weighted by molar-refractivity contribution is 5.37. The van der Waals surface area contributed by atoms with Gasteiger partial charge in [0.15, 0.2) is 0 Å². The Hall–Kier alpha value is -2.29. The second kappa shape index (κ2) is 6.24. The molecule has 0 spiro atoms. The first kappa shape index (κ1) is 14.1. The van der Waals surface area contributed by atoms with E-state index < -0.39 is 0 Å². The van der Waals surface area contributed by atoms with Crippen LogP contribution in [0.4, 0.5) is 11.9 Å². The third kappa shape index (κ3) is 3.18. The number of aliphatic hydroxyl groups excluding tert-OH is 1. The van der Waals surface area contributed by atoms with Crippen molar-refractivity contribution < 1.29 is 5.11 Å². The van der Waals surface area contributed by atoms with E-state index in [1.807, 2.05) is 13.8 Å². The molecule has 0 amide bonds. The fourth-order valence-corrected chi connectivity index (χ4v) is 1.46. The smallest absolute Gasteiger partial charge is 0.258 e. The lowest BCUT2D eigenvalue weighted by Crippen LogP contribution is -2.27. The molecule has 0 bridgehead atoms. The number of aromatic nitrogens is 6. The van der Waals surface area contributed by atoms with Crippen molar-refractivity contribution in [1.29, 1.82) is 0 Å². The molecule has 108 valence electrons. The summed E-state index contributed by atoms with van der Waals surface area (Å²) in [6, 6.07) is 0.0238. The third-order valence-corrected chi connectivity index (χ3v) is 2.97. The molecule has 0 saturated carbocycles. The van der Waals surface area contributed by atoms with Crippen molar-refractivity contribution in [3.05, 3.63) is 12.7 Å². The van der Waals surface area contributed by atoms with Crippen molar-refractivity contribution in [2.45, 2.75) is 19.9 Å². The number of aliphatic hydroxyl groups is 1. The van der Waals surface area contributed by atoms with E-state index in [0.717, 1.165) is 0 Å². The number of nitrogens with one attached hydrogen (secondary N) is 2. The maximum atomic E-state index is 9.16. The van der Waals surface area contributed by atoms with Crippen LogP contribution in [0, 0.1) is 5.92 Å². The molecule has 2 unspecified atom stereocenters. The number of hydrogen-bond acceptors (Lipinski definition) is 8. The molecule has 0 aliphatic rings. The van der Waals surface area contributed by atoms with Crippen LogP contribution in [-0.4, -0.2) is 54.5 Å². The minimum absolute atomic E-state index is 0.0238. The van der Waals surface area contributed by atoms with Crippen LogP contribution in [0.15, 0.2) is 12.7 Å². The zero-order valence-corrected chi connectivity index (χ0v) is 11.6. The van der Waals surface area contributed by atoms with E-state index in [1.165, 1.54) is 17.3 Å². The average Bonchev–Trinajstić information content (AvgIpc) is 3.00. The predicted molar refractivity (Wildman–Crippen MR) is 73.6 cm³/mol. The lowest BCUT2D eigenvalue weighted by atomic mass is 10.1. The van der Waals surface area contributed by atoms with Crippen LogP contribution in [0.2, 0.25) is 0 Å². The normalized spacial score (nSPS) is 13.8. The molecule has 0 saturated heterocycles. The number of nitrogens with zero attached hydrogens (tertiary/aromatic N) is 6. The fraction of sp³-hybridized carbons (Fsp3) is 0.545.